The van der Waals surface area contributed by atoms with Gasteiger partial charge in [0, 0.05) is 19.6 Å². The molecule has 0 unspecified atom stereocenters. The third kappa shape index (κ3) is 5.86. The molecule has 0 saturated heterocycles. The standard InChI is InChI=1S/C17H29N3O/c1-5-14(2)16(18)17(21)20(12-11-19(3)4)13-15-9-7-6-8-10-15/h6-10,14,16H,5,11-13,18H2,1-4H3/t14-,16-/m0/s1. The molecule has 0 heterocycles. The van der Waals surface area contributed by atoms with E-state index in [1.165, 1.54) is 0 Å². The second kappa shape index (κ2) is 8.80. The first-order valence-corrected chi connectivity index (χ1v) is 7.68. The van der Waals surface area contributed by atoms with Crippen LogP contribution in [0.3, 0.4) is 0 Å². The van der Waals surface area contributed by atoms with Crippen molar-refractivity contribution < 1.29 is 4.79 Å². The minimum absolute atomic E-state index is 0.0510. The first-order chi connectivity index (χ1) is 9.95. The molecule has 0 aliphatic carbocycles. The Morgan fingerprint density at radius 2 is 1.81 bits per heavy atom. The summed E-state index contributed by atoms with van der Waals surface area (Å²) in [5.74, 6) is 0.255. The van der Waals surface area contributed by atoms with Gasteiger partial charge in [-0.15, -0.1) is 0 Å². The Balaban J connectivity index is 2.78. The van der Waals surface area contributed by atoms with E-state index in [-0.39, 0.29) is 11.8 Å². The van der Waals surface area contributed by atoms with Gasteiger partial charge in [0.2, 0.25) is 5.91 Å². The molecule has 1 aromatic carbocycles. The van der Waals surface area contributed by atoms with Crippen LogP contribution in [0.25, 0.3) is 0 Å². The van der Waals surface area contributed by atoms with Crippen molar-refractivity contribution in [1.29, 1.82) is 0 Å². The average Bonchev–Trinajstić information content (AvgIpc) is 2.50. The minimum atomic E-state index is -0.416. The van der Waals surface area contributed by atoms with E-state index in [1.807, 2.05) is 56.3 Å². The lowest BCUT2D eigenvalue weighted by Crippen LogP contribution is -2.48. The van der Waals surface area contributed by atoms with Crippen LogP contribution < -0.4 is 5.73 Å². The van der Waals surface area contributed by atoms with Crippen LogP contribution in [0, 0.1) is 5.92 Å². The Morgan fingerprint density at radius 1 is 1.19 bits per heavy atom. The normalized spacial score (nSPS) is 14.0. The lowest BCUT2D eigenvalue weighted by molar-refractivity contribution is -0.134. The highest BCUT2D eigenvalue weighted by molar-refractivity contribution is 5.82. The molecule has 0 aliphatic heterocycles. The first-order valence-electron chi connectivity index (χ1n) is 7.68. The molecule has 2 atom stereocenters. The number of nitrogens with two attached hydrogens (primary N) is 1. The van der Waals surface area contributed by atoms with Gasteiger partial charge >= 0.3 is 0 Å². The van der Waals surface area contributed by atoms with E-state index in [9.17, 15) is 4.79 Å². The molecule has 1 amide bonds. The first kappa shape index (κ1) is 17.7. The molecular weight excluding hydrogens is 262 g/mol. The lowest BCUT2D eigenvalue weighted by atomic mass is 9.98. The summed E-state index contributed by atoms with van der Waals surface area (Å²) in [4.78, 5) is 16.6. The number of carbonyl (C=O) groups is 1. The van der Waals surface area contributed by atoms with Crippen LogP contribution >= 0.6 is 0 Å². The molecule has 0 aliphatic rings. The van der Waals surface area contributed by atoms with Gasteiger partial charge in [0.05, 0.1) is 6.04 Å². The van der Waals surface area contributed by atoms with Gasteiger partial charge in [0.25, 0.3) is 0 Å². The number of likely N-dealkylation sites (N-methyl/N-ethyl adjacent to an activating group) is 1. The molecule has 1 aromatic rings. The van der Waals surface area contributed by atoms with E-state index in [0.717, 1.165) is 18.5 Å². The fourth-order valence-corrected chi connectivity index (χ4v) is 2.10. The molecule has 0 spiro atoms. The minimum Gasteiger partial charge on any atom is -0.336 e. The molecule has 21 heavy (non-hydrogen) atoms. The van der Waals surface area contributed by atoms with E-state index in [2.05, 4.69) is 11.8 Å². The highest BCUT2D eigenvalue weighted by atomic mass is 16.2. The number of benzene rings is 1. The summed E-state index contributed by atoms with van der Waals surface area (Å²) < 4.78 is 0. The quantitative estimate of drug-likeness (QED) is 0.796. The fourth-order valence-electron chi connectivity index (χ4n) is 2.10. The number of amides is 1. The molecule has 0 radical (unpaired) electrons. The number of carbonyl (C=O) groups excluding carboxylic acids is 1. The van der Waals surface area contributed by atoms with Gasteiger partial charge in [0.15, 0.2) is 0 Å². The SMILES string of the molecule is CC[C@H](C)[C@H](N)C(=O)N(CCN(C)C)Cc1ccccc1. The Kier molecular flexibility index (Phi) is 7.40. The van der Waals surface area contributed by atoms with Crippen molar-refractivity contribution in [3.8, 4) is 0 Å². The lowest BCUT2D eigenvalue weighted by Gasteiger charge is -2.29. The summed E-state index contributed by atoms with van der Waals surface area (Å²) in [6.07, 6.45) is 0.916. The summed E-state index contributed by atoms with van der Waals surface area (Å²) in [6.45, 7) is 6.27. The fraction of sp³-hybridized carbons (Fsp3) is 0.588. The van der Waals surface area contributed by atoms with Gasteiger partial charge in [-0.1, -0.05) is 50.6 Å². The Hall–Kier alpha value is -1.39. The van der Waals surface area contributed by atoms with Crippen molar-refractivity contribution in [2.45, 2.75) is 32.9 Å². The smallest absolute Gasteiger partial charge is 0.240 e. The van der Waals surface area contributed by atoms with Gasteiger partial charge in [-0.2, -0.15) is 0 Å². The number of hydrogen-bond donors (Lipinski definition) is 1. The second-order valence-corrected chi connectivity index (χ2v) is 5.96. The van der Waals surface area contributed by atoms with Crippen LogP contribution in [0.15, 0.2) is 30.3 Å². The maximum absolute atomic E-state index is 12.6. The van der Waals surface area contributed by atoms with E-state index in [1.54, 1.807) is 0 Å². The van der Waals surface area contributed by atoms with Crippen molar-refractivity contribution in [1.82, 2.24) is 9.80 Å². The molecule has 0 aromatic heterocycles. The van der Waals surface area contributed by atoms with E-state index >= 15 is 0 Å². The number of hydrogen-bond acceptors (Lipinski definition) is 3. The summed E-state index contributed by atoms with van der Waals surface area (Å²) in [5, 5.41) is 0. The largest absolute Gasteiger partial charge is 0.336 e. The van der Waals surface area contributed by atoms with Gasteiger partial charge in [-0.05, 0) is 25.6 Å². The third-order valence-corrected chi connectivity index (χ3v) is 3.89. The van der Waals surface area contributed by atoms with Crippen molar-refractivity contribution in [2.75, 3.05) is 27.2 Å². The number of nitrogens with zero attached hydrogens (tertiary/aromatic N) is 2. The Bertz CT molecular complexity index is 419. The molecule has 4 nitrogen and oxygen atoms in total. The highest BCUT2D eigenvalue weighted by Crippen LogP contribution is 2.11. The summed E-state index contributed by atoms with van der Waals surface area (Å²) in [7, 11) is 4.03. The topological polar surface area (TPSA) is 49.6 Å². The zero-order chi connectivity index (χ0) is 15.8. The van der Waals surface area contributed by atoms with E-state index in [0.29, 0.717) is 13.1 Å². The molecular formula is C17H29N3O. The van der Waals surface area contributed by atoms with Crippen LogP contribution in [0.1, 0.15) is 25.8 Å². The average molecular weight is 291 g/mol. The van der Waals surface area contributed by atoms with Crippen LogP contribution in [-0.4, -0.2) is 48.9 Å². The molecule has 0 saturated carbocycles. The molecule has 0 fully saturated rings. The Morgan fingerprint density at radius 3 is 2.33 bits per heavy atom. The van der Waals surface area contributed by atoms with Crippen LogP contribution in [-0.2, 0) is 11.3 Å². The summed E-state index contributed by atoms with van der Waals surface area (Å²) in [6, 6.07) is 9.66. The maximum atomic E-state index is 12.6. The van der Waals surface area contributed by atoms with E-state index < -0.39 is 6.04 Å². The van der Waals surface area contributed by atoms with Gasteiger partial charge in [0.1, 0.15) is 0 Å². The maximum Gasteiger partial charge on any atom is 0.240 e. The predicted octanol–water partition coefficient (Wildman–Crippen LogP) is 1.95. The molecule has 118 valence electrons. The molecule has 2 N–H and O–H groups in total. The molecule has 4 heteroatoms. The highest BCUT2D eigenvalue weighted by Gasteiger charge is 2.25. The van der Waals surface area contributed by atoms with Gasteiger partial charge < -0.3 is 15.5 Å². The summed E-state index contributed by atoms with van der Waals surface area (Å²) in [5.41, 5.74) is 7.27. The van der Waals surface area contributed by atoms with Crippen molar-refractivity contribution in [3.63, 3.8) is 0 Å². The molecule has 0 bridgehead atoms. The zero-order valence-electron chi connectivity index (χ0n) is 13.7. The van der Waals surface area contributed by atoms with Crippen LogP contribution in [0.4, 0.5) is 0 Å². The Labute approximate surface area is 128 Å². The van der Waals surface area contributed by atoms with Crippen LogP contribution in [0.2, 0.25) is 0 Å². The van der Waals surface area contributed by atoms with Gasteiger partial charge in [-0.25, -0.2) is 0 Å². The molecule has 1 rings (SSSR count). The number of rotatable bonds is 8. The van der Waals surface area contributed by atoms with Crippen molar-refractivity contribution in [3.05, 3.63) is 35.9 Å². The van der Waals surface area contributed by atoms with Crippen LogP contribution in [0.5, 0.6) is 0 Å². The zero-order valence-corrected chi connectivity index (χ0v) is 13.7. The summed E-state index contributed by atoms with van der Waals surface area (Å²) >= 11 is 0. The second-order valence-electron chi connectivity index (χ2n) is 5.96. The van der Waals surface area contributed by atoms with Gasteiger partial charge in [-0.3, -0.25) is 4.79 Å². The third-order valence-electron chi connectivity index (χ3n) is 3.89. The predicted molar refractivity (Wildman–Crippen MR) is 87.8 cm³/mol. The monoisotopic (exact) mass is 291 g/mol. The van der Waals surface area contributed by atoms with E-state index in [4.69, 9.17) is 5.73 Å². The van der Waals surface area contributed by atoms with Crippen molar-refractivity contribution >= 4 is 5.91 Å². The van der Waals surface area contributed by atoms with Crippen molar-refractivity contribution in [2.24, 2.45) is 11.7 Å².